The van der Waals surface area contributed by atoms with E-state index in [0.717, 1.165) is 23.9 Å². The van der Waals surface area contributed by atoms with Gasteiger partial charge in [-0.15, -0.1) is 0 Å². The van der Waals surface area contributed by atoms with Crippen LogP contribution in [0.4, 0.5) is 11.4 Å². The van der Waals surface area contributed by atoms with Crippen molar-refractivity contribution in [3.05, 3.63) is 52.5 Å². The molecule has 0 spiro atoms. The highest BCUT2D eigenvalue weighted by molar-refractivity contribution is 9.10. The van der Waals surface area contributed by atoms with Crippen LogP contribution in [0.25, 0.3) is 0 Å². The third-order valence-electron chi connectivity index (χ3n) is 4.58. The number of carbonyl (C=O) groups excluding carboxylic acids is 2. The molecule has 7 heteroatoms. The predicted molar refractivity (Wildman–Crippen MR) is 116 cm³/mol. The first-order valence-electron chi connectivity index (χ1n) is 9.68. The Morgan fingerprint density at radius 3 is 2.41 bits per heavy atom. The summed E-state index contributed by atoms with van der Waals surface area (Å²) in [5.41, 5.74) is 1.85. The van der Waals surface area contributed by atoms with E-state index in [1.807, 2.05) is 13.8 Å². The fourth-order valence-electron chi connectivity index (χ4n) is 2.84. The zero-order valence-corrected chi connectivity index (χ0v) is 18.1. The Morgan fingerprint density at radius 1 is 1.14 bits per heavy atom. The normalized spacial score (nSPS) is 15.9. The molecule has 1 atom stereocenters. The van der Waals surface area contributed by atoms with Crippen molar-refractivity contribution in [2.45, 2.75) is 32.8 Å². The maximum atomic E-state index is 12.5. The molecule has 0 aliphatic carbocycles. The Hall–Kier alpha value is -2.38. The lowest BCUT2D eigenvalue weighted by atomic mass is 10.2. The van der Waals surface area contributed by atoms with E-state index >= 15 is 0 Å². The van der Waals surface area contributed by atoms with E-state index in [4.69, 9.17) is 9.47 Å². The molecule has 2 N–H and O–H groups in total. The summed E-state index contributed by atoms with van der Waals surface area (Å²) in [4.78, 5) is 24.3. The van der Waals surface area contributed by atoms with Gasteiger partial charge in [-0.2, -0.15) is 0 Å². The summed E-state index contributed by atoms with van der Waals surface area (Å²) in [5, 5.41) is 5.67. The molecule has 2 aromatic rings. The van der Waals surface area contributed by atoms with Gasteiger partial charge in [0.1, 0.15) is 12.4 Å². The minimum absolute atomic E-state index is 0.0477. The fourth-order valence-corrected chi connectivity index (χ4v) is 3.34. The molecule has 1 aliphatic rings. The van der Waals surface area contributed by atoms with Gasteiger partial charge in [0.2, 0.25) is 5.91 Å². The first-order chi connectivity index (χ1) is 13.9. The van der Waals surface area contributed by atoms with Crippen LogP contribution in [0.3, 0.4) is 0 Å². The van der Waals surface area contributed by atoms with E-state index in [-0.39, 0.29) is 23.8 Å². The second kappa shape index (κ2) is 9.89. The first-order valence-corrected chi connectivity index (χ1v) is 10.5. The average Bonchev–Trinajstić information content (AvgIpc) is 3.22. The molecule has 1 saturated heterocycles. The van der Waals surface area contributed by atoms with Gasteiger partial charge in [0.15, 0.2) is 0 Å². The van der Waals surface area contributed by atoms with Crippen molar-refractivity contribution in [1.82, 2.24) is 0 Å². The van der Waals surface area contributed by atoms with Gasteiger partial charge in [-0.1, -0.05) is 13.8 Å². The van der Waals surface area contributed by atoms with E-state index in [1.54, 1.807) is 42.5 Å². The molecule has 0 saturated carbocycles. The highest BCUT2D eigenvalue weighted by Gasteiger charge is 2.17. The maximum absolute atomic E-state index is 12.5. The van der Waals surface area contributed by atoms with E-state index < -0.39 is 0 Å². The smallest absolute Gasteiger partial charge is 0.255 e. The second-order valence-corrected chi connectivity index (χ2v) is 8.12. The number of anilines is 2. The van der Waals surface area contributed by atoms with Gasteiger partial charge < -0.3 is 20.1 Å². The van der Waals surface area contributed by atoms with Crippen LogP contribution in [0.5, 0.6) is 5.75 Å². The van der Waals surface area contributed by atoms with E-state index in [0.29, 0.717) is 29.3 Å². The third-order valence-corrected chi connectivity index (χ3v) is 5.20. The molecule has 0 bridgehead atoms. The van der Waals surface area contributed by atoms with Gasteiger partial charge in [-0.05, 0) is 71.2 Å². The Morgan fingerprint density at radius 2 is 1.83 bits per heavy atom. The number of rotatable bonds is 7. The van der Waals surface area contributed by atoms with Crippen LogP contribution in [-0.4, -0.2) is 31.1 Å². The standard InChI is InChI=1S/C22H25BrN2O4/c1-14(2)21(26)24-16-6-8-17(9-7-16)25-22(27)15-5-10-20(19(23)12-15)29-13-18-4-3-11-28-18/h5-10,12,14,18H,3-4,11,13H2,1-2H3,(H,24,26)(H,25,27). The number of ether oxygens (including phenoxy) is 2. The zero-order valence-electron chi connectivity index (χ0n) is 16.5. The van der Waals surface area contributed by atoms with E-state index in [2.05, 4.69) is 26.6 Å². The van der Waals surface area contributed by atoms with Gasteiger partial charge in [0, 0.05) is 29.5 Å². The van der Waals surface area contributed by atoms with Crippen LogP contribution < -0.4 is 15.4 Å². The van der Waals surface area contributed by atoms with Crippen LogP contribution in [-0.2, 0) is 9.53 Å². The SMILES string of the molecule is CC(C)C(=O)Nc1ccc(NC(=O)c2ccc(OCC3CCCO3)c(Br)c2)cc1. The van der Waals surface area contributed by atoms with Crippen LogP contribution in [0.15, 0.2) is 46.9 Å². The number of nitrogens with one attached hydrogen (secondary N) is 2. The molecule has 29 heavy (non-hydrogen) atoms. The molecule has 0 aromatic heterocycles. The summed E-state index contributed by atoms with van der Waals surface area (Å²) in [5.74, 6) is 0.316. The lowest BCUT2D eigenvalue weighted by Gasteiger charge is -2.13. The summed E-state index contributed by atoms with van der Waals surface area (Å²) in [6, 6.07) is 12.3. The van der Waals surface area contributed by atoms with Gasteiger partial charge in [-0.25, -0.2) is 0 Å². The number of carbonyl (C=O) groups is 2. The molecule has 1 aliphatic heterocycles. The third kappa shape index (κ3) is 6.05. The summed E-state index contributed by atoms with van der Waals surface area (Å²) in [6.07, 6.45) is 2.22. The Balaban J connectivity index is 1.57. The van der Waals surface area contributed by atoms with Crippen LogP contribution in [0.1, 0.15) is 37.0 Å². The largest absolute Gasteiger partial charge is 0.490 e. The van der Waals surface area contributed by atoms with E-state index in [1.165, 1.54) is 0 Å². The van der Waals surface area contributed by atoms with Crippen molar-refractivity contribution in [2.75, 3.05) is 23.8 Å². The zero-order chi connectivity index (χ0) is 20.8. The number of benzene rings is 2. The molecule has 3 rings (SSSR count). The van der Waals surface area contributed by atoms with Crippen LogP contribution in [0, 0.1) is 5.92 Å². The number of halogens is 1. The van der Waals surface area contributed by atoms with Crippen molar-refractivity contribution in [3.8, 4) is 5.75 Å². The number of hydrogen-bond donors (Lipinski definition) is 2. The van der Waals surface area contributed by atoms with Crippen molar-refractivity contribution < 1.29 is 19.1 Å². The van der Waals surface area contributed by atoms with Crippen molar-refractivity contribution >= 4 is 39.1 Å². The minimum Gasteiger partial charge on any atom is -0.490 e. The molecule has 6 nitrogen and oxygen atoms in total. The fraction of sp³-hybridized carbons (Fsp3) is 0.364. The average molecular weight is 461 g/mol. The number of amides is 2. The maximum Gasteiger partial charge on any atom is 0.255 e. The molecule has 2 aromatic carbocycles. The molecule has 1 fully saturated rings. The Kier molecular flexibility index (Phi) is 7.28. The van der Waals surface area contributed by atoms with Crippen LogP contribution >= 0.6 is 15.9 Å². The number of hydrogen-bond acceptors (Lipinski definition) is 4. The molecule has 1 unspecified atom stereocenters. The topological polar surface area (TPSA) is 76.7 Å². The molecular formula is C22H25BrN2O4. The van der Waals surface area contributed by atoms with Gasteiger partial charge in [-0.3, -0.25) is 9.59 Å². The van der Waals surface area contributed by atoms with Gasteiger partial charge >= 0.3 is 0 Å². The van der Waals surface area contributed by atoms with E-state index in [9.17, 15) is 9.59 Å². The highest BCUT2D eigenvalue weighted by Crippen LogP contribution is 2.27. The second-order valence-electron chi connectivity index (χ2n) is 7.27. The lowest BCUT2D eigenvalue weighted by Crippen LogP contribution is -2.17. The molecule has 154 valence electrons. The molecular weight excluding hydrogens is 436 g/mol. The monoisotopic (exact) mass is 460 g/mol. The summed E-state index contributed by atoms with van der Waals surface area (Å²) in [6.45, 7) is 4.96. The lowest BCUT2D eigenvalue weighted by molar-refractivity contribution is -0.118. The predicted octanol–water partition coefficient (Wildman–Crippen LogP) is 4.85. The van der Waals surface area contributed by atoms with Crippen molar-refractivity contribution in [1.29, 1.82) is 0 Å². The van der Waals surface area contributed by atoms with Crippen molar-refractivity contribution in [3.63, 3.8) is 0 Å². The summed E-state index contributed by atoms with van der Waals surface area (Å²) >= 11 is 3.47. The molecule has 2 amide bonds. The molecule has 1 heterocycles. The van der Waals surface area contributed by atoms with Gasteiger partial charge in [0.25, 0.3) is 5.91 Å². The Bertz CT molecular complexity index is 862. The Labute approximate surface area is 179 Å². The minimum atomic E-state index is -0.227. The highest BCUT2D eigenvalue weighted by atomic mass is 79.9. The van der Waals surface area contributed by atoms with Crippen molar-refractivity contribution in [2.24, 2.45) is 5.92 Å². The quantitative estimate of drug-likeness (QED) is 0.618. The first kappa shape index (κ1) is 21.3. The summed E-state index contributed by atoms with van der Waals surface area (Å²) < 4.78 is 12.1. The molecule has 0 radical (unpaired) electrons. The summed E-state index contributed by atoms with van der Waals surface area (Å²) in [7, 11) is 0. The van der Waals surface area contributed by atoms with Crippen LogP contribution in [0.2, 0.25) is 0 Å². The van der Waals surface area contributed by atoms with Gasteiger partial charge in [0.05, 0.1) is 10.6 Å².